The molecule has 0 atom stereocenters. The van der Waals surface area contributed by atoms with Crippen molar-refractivity contribution in [3.8, 4) is 22.5 Å². The SMILES string of the molecule is CCCc1nc(-c2cnc3ccc(-c4ccc(N)cc4)cc3c2)no1. The molecule has 124 valence electrons. The number of nitrogens with two attached hydrogens (primary N) is 1. The zero-order valence-electron chi connectivity index (χ0n) is 13.9. The van der Waals surface area contributed by atoms with Gasteiger partial charge in [0.1, 0.15) is 0 Å². The average molecular weight is 330 g/mol. The highest BCUT2D eigenvalue weighted by Gasteiger charge is 2.10. The number of benzene rings is 2. The Morgan fingerprint density at radius 1 is 0.960 bits per heavy atom. The van der Waals surface area contributed by atoms with Crippen molar-refractivity contribution in [3.05, 3.63) is 60.6 Å². The van der Waals surface area contributed by atoms with Crippen LogP contribution in [0, 0.1) is 0 Å². The molecule has 2 heterocycles. The van der Waals surface area contributed by atoms with Crippen LogP contribution in [-0.4, -0.2) is 15.1 Å². The summed E-state index contributed by atoms with van der Waals surface area (Å²) in [6, 6.07) is 16.1. The molecule has 2 N–H and O–H groups in total. The monoisotopic (exact) mass is 330 g/mol. The minimum atomic E-state index is 0.579. The lowest BCUT2D eigenvalue weighted by molar-refractivity contribution is 0.378. The highest BCUT2D eigenvalue weighted by atomic mass is 16.5. The maximum absolute atomic E-state index is 5.77. The fourth-order valence-corrected chi connectivity index (χ4v) is 2.80. The molecule has 0 radical (unpaired) electrons. The summed E-state index contributed by atoms with van der Waals surface area (Å²) in [5.41, 5.74) is 10.5. The Morgan fingerprint density at radius 3 is 2.52 bits per heavy atom. The quantitative estimate of drug-likeness (QED) is 0.558. The predicted molar refractivity (Wildman–Crippen MR) is 98.9 cm³/mol. The first-order chi connectivity index (χ1) is 12.2. The molecule has 2 aromatic heterocycles. The maximum Gasteiger partial charge on any atom is 0.226 e. The van der Waals surface area contributed by atoms with E-state index >= 15 is 0 Å². The van der Waals surface area contributed by atoms with Crippen molar-refractivity contribution in [2.24, 2.45) is 0 Å². The molecular weight excluding hydrogens is 312 g/mol. The molecule has 0 saturated carbocycles. The first kappa shape index (κ1) is 15.3. The number of nitrogens with zero attached hydrogens (tertiary/aromatic N) is 3. The van der Waals surface area contributed by atoms with Crippen LogP contribution in [0.15, 0.2) is 59.3 Å². The molecule has 2 aromatic carbocycles. The second kappa shape index (κ2) is 6.36. The van der Waals surface area contributed by atoms with Gasteiger partial charge >= 0.3 is 0 Å². The van der Waals surface area contributed by atoms with Gasteiger partial charge < -0.3 is 10.3 Å². The third kappa shape index (κ3) is 3.08. The number of hydrogen-bond acceptors (Lipinski definition) is 5. The van der Waals surface area contributed by atoms with Gasteiger partial charge in [0, 0.05) is 29.3 Å². The molecule has 4 rings (SSSR count). The molecule has 0 saturated heterocycles. The zero-order chi connectivity index (χ0) is 17.2. The average Bonchev–Trinajstić information content (AvgIpc) is 3.10. The van der Waals surface area contributed by atoms with Gasteiger partial charge in [0.05, 0.1) is 5.52 Å². The van der Waals surface area contributed by atoms with E-state index in [0.717, 1.165) is 46.1 Å². The summed E-state index contributed by atoms with van der Waals surface area (Å²) in [5, 5.41) is 5.10. The minimum absolute atomic E-state index is 0.579. The summed E-state index contributed by atoms with van der Waals surface area (Å²) >= 11 is 0. The van der Waals surface area contributed by atoms with Crippen molar-refractivity contribution in [1.82, 2.24) is 15.1 Å². The Bertz CT molecular complexity index is 1020. The van der Waals surface area contributed by atoms with E-state index in [1.54, 1.807) is 6.20 Å². The lowest BCUT2D eigenvalue weighted by Gasteiger charge is -2.05. The summed E-state index contributed by atoms with van der Waals surface area (Å²) in [6.07, 6.45) is 3.55. The van der Waals surface area contributed by atoms with E-state index in [4.69, 9.17) is 10.3 Å². The molecule has 25 heavy (non-hydrogen) atoms. The molecule has 0 bridgehead atoms. The van der Waals surface area contributed by atoms with E-state index in [9.17, 15) is 0 Å². The van der Waals surface area contributed by atoms with Crippen molar-refractivity contribution in [2.45, 2.75) is 19.8 Å². The summed E-state index contributed by atoms with van der Waals surface area (Å²) in [5.74, 6) is 1.24. The molecule has 4 aromatic rings. The zero-order valence-corrected chi connectivity index (χ0v) is 13.9. The van der Waals surface area contributed by atoms with Crippen LogP contribution in [0.1, 0.15) is 19.2 Å². The van der Waals surface area contributed by atoms with E-state index in [1.807, 2.05) is 36.4 Å². The lowest BCUT2D eigenvalue weighted by Crippen LogP contribution is -1.88. The minimum Gasteiger partial charge on any atom is -0.399 e. The number of rotatable bonds is 4. The normalized spacial score (nSPS) is 11.1. The Morgan fingerprint density at radius 2 is 1.72 bits per heavy atom. The van der Waals surface area contributed by atoms with E-state index in [0.29, 0.717) is 11.7 Å². The third-order valence-electron chi connectivity index (χ3n) is 4.12. The van der Waals surface area contributed by atoms with Gasteiger partial charge in [0.25, 0.3) is 0 Å². The van der Waals surface area contributed by atoms with Crippen molar-refractivity contribution in [3.63, 3.8) is 0 Å². The standard InChI is InChI=1S/C20H18N4O/c1-2-3-19-23-20(24-25-19)16-11-15-10-14(6-9-18(15)22-12-16)13-4-7-17(21)8-5-13/h4-12H,2-3,21H2,1H3. The number of nitrogen functional groups attached to an aromatic ring is 1. The van der Waals surface area contributed by atoms with Gasteiger partial charge in [-0.3, -0.25) is 4.98 Å². The van der Waals surface area contributed by atoms with Gasteiger partial charge in [-0.2, -0.15) is 4.98 Å². The molecule has 5 nitrogen and oxygen atoms in total. The van der Waals surface area contributed by atoms with Crippen LogP contribution >= 0.6 is 0 Å². The first-order valence-electron chi connectivity index (χ1n) is 8.31. The number of anilines is 1. The molecule has 0 spiro atoms. The molecule has 0 aliphatic rings. The Labute approximate surface area is 145 Å². The van der Waals surface area contributed by atoms with Gasteiger partial charge in [0.2, 0.25) is 11.7 Å². The van der Waals surface area contributed by atoms with Crippen LogP contribution in [0.3, 0.4) is 0 Å². The van der Waals surface area contributed by atoms with Crippen LogP contribution in [0.25, 0.3) is 33.4 Å². The summed E-state index contributed by atoms with van der Waals surface area (Å²) in [6.45, 7) is 2.08. The molecule has 0 aliphatic carbocycles. The number of aryl methyl sites for hydroxylation is 1. The maximum atomic E-state index is 5.77. The second-order valence-corrected chi connectivity index (χ2v) is 6.02. The second-order valence-electron chi connectivity index (χ2n) is 6.02. The molecule has 0 amide bonds. The number of hydrogen-bond donors (Lipinski definition) is 1. The number of fused-ring (bicyclic) bond motifs is 1. The highest BCUT2D eigenvalue weighted by Crippen LogP contribution is 2.27. The lowest BCUT2D eigenvalue weighted by atomic mass is 10.0. The molecular formula is C20H18N4O. The Hall–Kier alpha value is -3.21. The van der Waals surface area contributed by atoms with Crippen LogP contribution in [0.5, 0.6) is 0 Å². The fraction of sp³-hybridized carbons (Fsp3) is 0.150. The van der Waals surface area contributed by atoms with Crippen LogP contribution < -0.4 is 5.73 Å². The number of pyridine rings is 1. The van der Waals surface area contributed by atoms with Gasteiger partial charge in [-0.15, -0.1) is 0 Å². The van der Waals surface area contributed by atoms with E-state index in [2.05, 4.69) is 34.2 Å². The predicted octanol–water partition coefficient (Wildman–Crippen LogP) is 4.49. The topological polar surface area (TPSA) is 77.8 Å². The van der Waals surface area contributed by atoms with Crippen molar-refractivity contribution < 1.29 is 4.52 Å². The van der Waals surface area contributed by atoms with Crippen LogP contribution in [-0.2, 0) is 6.42 Å². The summed E-state index contributed by atoms with van der Waals surface area (Å²) in [4.78, 5) is 8.96. The van der Waals surface area contributed by atoms with Crippen molar-refractivity contribution in [2.75, 3.05) is 5.73 Å². The van der Waals surface area contributed by atoms with Gasteiger partial charge in [-0.1, -0.05) is 30.3 Å². The van der Waals surface area contributed by atoms with E-state index < -0.39 is 0 Å². The van der Waals surface area contributed by atoms with Crippen molar-refractivity contribution in [1.29, 1.82) is 0 Å². The van der Waals surface area contributed by atoms with Gasteiger partial charge in [0.15, 0.2) is 0 Å². The summed E-state index contributed by atoms with van der Waals surface area (Å²) < 4.78 is 5.28. The van der Waals surface area contributed by atoms with E-state index in [-0.39, 0.29) is 0 Å². The molecule has 0 aliphatic heterocycles. The van der Waals surface area contributed by atoms with Gasteiger partial charge in [-0.05, 0) is 47.9 Å². The first-order valence-corrected chi connectivity index (χ1v) is 8.31. The highest BCUT2D eigenvalue weighted by molar-refractivity contribution is 5.87. The van der Waals surface area contributed by atoms with E-state index in [1.165, 1.54) is 0 Å². The number of aromatic nitrogens is 3. The molecule has 0 fully saturated rings. The third-order valence-corrected chi connectivity index (χ3v) is 4.12. The summed E-state index contributed by atoms with van der Waals surface area (Å²) in [7, 11) is 0. The Balaban J connectivity index is 1.74. The Kier molecular flexibility index (Phi) is 3.90. The molecule has 0 unspecified atom stereocenters. The van der Waals surface area contributed by atoms with Crippen LogP contribution in [0.4, 0.5) is 5.69 Å². The van der Waals surface area contributed by atoms with Crippen molar-refractivity contribution >= 4 is 16.6 Å². The largest absolute Gasteiger partial charge is 0.399 e. The smallest absolute Gasteiger partial charge is 0.226 e. The van der Waals surface area contributed by atoms with Gasteiger partial charge in [-0.25, -0.2) is 0 Å². The fourth-order valence-electron chi connectivity index (χ4n) is 2.80. The molecule has 5 heteroatoms. The van der Waals surface area contributed by atoms with Crippen LogP contribution in [0.2, 0.25) is 0 Å².